The quantitative estimate of drug-likeness (QED) is 0.262. The molecule has 0 bridgehead atoms. The molecular weight excluding hydrogens is 494 g/mol. The van der Waals surface area contributed by atoms with Crippen molar-refractivity contribution in [1.82, 2.24) is 4.90 Å². The Kier molecular flexibility index (Phi) is 12.7. The van der Waals surface area contributed by atoms with E-state index in [1.165, 1.54) is 12.5 Å². The Labute approximate surface area is 231 Å². The number of hydrogen-bond acceptors (Lipinski definition) is 6. The SMILES string of the molecule is CC(=O)OC(C(=O)O)c1ccccc1.CC(C)N(CCC(c1ccccc1)c1cc(CO)ccc1O)C(C)C. The van der Waals surface area contributed by atoms with Crippen LogP contribution in [0.3, 0.4) is 0 Å². The summed E-state index contributed by atoms with van der Waals surface area (Å²) in [4.78, 5) is 23.9. The van der Waals surface area contributed by atoms with Crippen LogP contribution in [0.4, 0.5) is 0 Å². The van der Waals surface area contributed by atoms with Crippen molar-refractivity contribution in [3.63, 3.8) is 0 Å². The number of carboxylic acids is 1. The van der Waals surface area contributed by atoms with Gasteiger partial charge in [-0.15, -0.1) is 0 Å². The van der Waals surface area contributed by atoms with Gasteiger partial charge in [0.1, 0.15) is 5.75 Å². The predicted molar refractivity (Wildman–Crippen MR) is 152 cm³/mol. The molecule has 0 aliphatic rings. The van der Waals surface area contributed by atoms with E-state index >= 15 is 0 Å². The van der Waals surface area contributed by atoms with E-state index in [2.05, 4.69) is 49.5 Å². The number of aliphatic carboxylic acids is 1. The van der Waals surface area contributed by atoms with Gasteiger partial charge in [0, 0.05) is 36.1 Å². The van der Waals surface area contributed by atoms with Crippen LogP contribution in [0, 0.1) is 0 Å². The number of carbonyl (C=O) groups is 2. The summed E-state index contributed by atoms with van der Waals surface area (Å²) in [6, 6.07) is 25.0. The molecule has 0 spiro atoms. The normalized spacial score (nSPS) is 12.5. The second-order valence-electron chi connectivity index (χ2n) is 9.97. The number of carbonyl (C=O) groups excluding carboxylic acids is 1. The van der Waals surface area contributed by atoms with Gasteiger partial charge in [0.25, 0.3) is 0 Å². The fourth-order valence-corrected chi connectivity index (χ4v) is 4.61. The van der Waals surface area contributed by atoms with E-state index in [0.717, 1.165) is 24.1 Å². The molecule has 39 heavy (non-hydrogen) atoms. The lowest BCUT2D eigenvalue weighted by Gasteiger charge is -2.32. The van der Waals surface area contributed by atoms with Gasteiger partial charge >= 0.3 is 11.9 Å². The molecule has 3 N–H and O–H groups in total. The van der Waals surface area contributed by atoms with Crippen molar-refractivity contribution in [3.05, 3.63) is 101 Å². The van der Waals surface area contributed by atoms with Gasteiger partial charge in [0.15, 0.2) is 0 Å². The fraction of sp³-hybridized carbons (Fsp3) is 0.375. The number of carboxylic acid groups (broad SMARTS) is 1. The number of aliphatic hydroxyl groups is 1. The first kappa shape index (κ1) is 31.5. The van der Waals surface area contributed by atoms with E-state index in [1.807, 2.05) is 24.3 Å². The molecule has 210 valence electrons. The molecular formula is C32H41NO6. The van der Waals surface area contributed by atoms with Gasteiger partial charge in [-0.2, -0.15) is 0 Å². The lowest BCUT2D eigenvalue weighted by atomic mass is 9.86. The molecule has 7 heteroatoms. The average Bonchev–Trinajstić information content (AvgIpc) is 2.91. The van der Waals surface area contributed by atoms with Gasteiger partial charge in [-0.05, 0) is 63.9 Å². The van der Waals surface area contributed by atoms with Crippen LogP contribution in [0.15, 0.2) is 78.9 Å². The van der Waals surface area contributed by atoms with Crippen molar-refractivity contribution < 1.29 is 29.6 Å². The highest BCUT2D eigenvalue weighted by molar-refractivity contribution is 5.78. The first-order valence-corrected chi connectivity index (χ1v) is 13.2. The first-order chi connectivity index (χ1) is 18.5. The van der Waals surface area contributed by atoms with Gasteiger partial charge in [0.05, 0.1) is 6.61 Å². The van der Waals surface area contributed by atoms with E-state index in [0.29, 0.717) is 23.4 Å². The van der Waals surface area contributed by atoms with Crippen molar-refractivity contribution in [2.45, 2.75) is 71.8 Å². The number of aliphatic hydroxyl groups excluding tert-OH is 1. The molecule has 0 radical (unpaired) electrons. The van der Waals surface area contributed by atoms with Crippen molar-refractivity contribution >= 4 is 11.9 Å². The highest BCUT2D eigenvalue weighted by atomic mass is 16.6. The third-order valence-corrected chi connectivity index (χ3v) is 6.46. The molecule has 0 saturated carbocycles. The van der Waals surface area contributed by atoms with Crippen molar-refractivity contribution in [2.75, 3.05) is 6.54 Å². The van der Waals surface area contributed by atoms with Crippen LogP contribution in [0.25, 0.3) is 0 Å². The van der Waals surface area contributed by atoms with Crippen molar-refractivity contribution in [2.24, 2.45) is 0 Å². The Bertz CT molecular complexity index is 1160. The monoisotopic (exact) mass is 535 g/mol. The summed E-state index contributed by atoms with van der Waals surface area (Å²) in [6.45, 7) is 11.0. The summed E-state index contributed by atoms with van der Waals surface area (Å²) in [5.41, 5.74) is 3.37. The Morgan fingerprint density at radius 2 is 1.38 bits per heavy atom. The lowest BCUT2D eigenvalue weighted by molar-refractivity contribution is -0.163. The molecule has 7 nitrogen and oxygen atoms in total. The first-order valence-electron chi connectivity index (χ1n) is 13.2. The van der Waals surface area contributed by atoms with Crippen LogP contribution in [0.5, 0.6) is 5.75 Å². The summed E-state index contributed by atoms with van der Waals surface area (Å²) in [5.74, 6) is -1.38. The Balaban J connectivity index is 0.000000322. The molecule has 0 heterocycles. The molecule has 0 aliphatic carbocycles. The Hall–Kier alpha value is -3.68. The molecule has 2 unspecified atom stereocenters. The second kappa shape index (κ2) is 15.7. The molecule has 3 rings (SSSR count). The van der Waals surface area contributed by atoms with Gasteiger partial charge < -0.3 is 20.1 Å². The molecule has 3 aromatic carbocycles. The number of nitrogens with zero attached hydrogens (tertiary/aromatic N) is 1. The number of aromatic hydroxyl groups is 1. The summed E-state index contributed by atoms with van der Waals surface area (Å²) in [5, 5.41) is 28.7. The standard InChI is InChI=1S/C22H31NO2.C10H10O4/c1-16(2)23(17(3)4)13-12-20(19-8-6-5-7-9-19)21-14-18(15-24)10-11-22(21)25;1-7(11)14-9(10(12)13)8-5-3-2-4-6-8/h5-11,14,16-17,20,24-25H,12-13,15H2,1-4H3;2-6,9H,1H3,(H,12,13). The van der Waals surface area contributed by atoms with Crippen LogP contribution in [0.2, 0.25) is 0 Å². The zero-order valence-corrected chi connectivity index (χ0v) is 23.4. The number of esters is 1. The molecule has 0 aliphatic heterocycles. The van der Waals surface area contributed by atoms with E-state index in [1.54, 1.807) is 42.5 Å². The molecule has 0 fully saturated rings. The summed E-state index contributed by atoms with van der Waals surface area (Å²) in [6.07, 6.45) is -0.295. The zero-order chi connectivity index (χ0) is 28.9. The van der Waals surface area contributed by atoms with Crippen molar-refractivity contribution in [3.8, 4) is 5.75 Å². The Morgan fingerprint density at radius 3 is 1.85 bits per heavy atom. The van der Waals surface area contributed by atoms with Gasteiger partial charge in [-0.25, -0.2) is 4.79 Å². The molecule has 0 aromatic heterocycles. The summed E-state index contributed by atoms with van der Waals surface area (Å²) < 4.78 is 4.66. The fourth-order valence-electron chi connectivity index (χ4n) is 4.61. The minimum absolute atomic E-state index is 0.0150. The molecule has 0 amide bonds. The van der Waals surface area contributed by atoms with Gasteiger partial charge in [0.2, 0.25) is 6.10 Å². The number of phenols is 1. The number of benzene rings is 3. The third-order valence-electron chi connectivity index (χ3n) is 6.46. The van der Waals surface area contributed by atoms with Crippen LogP contribution >= 0.6 is 0 Å². The van der Waals surface area contributed by atoms with Gasteiger partial charge in [-0.3, -0.25) is 9.69 Å². The van der Waals surface area contributed by atoms with E-state index in [4.69, 9.17) is 5.11 Å². The van der Waals surface area contributed by atoms with Gasteiger partial charge in [-0.1, -0.05) is 66.7 Å². The van der Waals surface area contributed by atoms with Crippen LogP contribution < -0.4 is 0 Å². The van der Waals surface area contributed by atoms with Crippen LogP contribution in [-0.2, 0) is 20.9 Å². The minimum atomic E-state index is -1.21. The van der Waals surface area contributed by atoms with E-state index in [9.17, 15) is 19.8 Å². The summed E-state index contributed by atoms with van der Waals surface area (Å²) >= 11 is 0. The topological polar surface area (TPSA) is 107 Å². The predicted octanol–water partition coefficient (Wildman–Crippen LogP) is 5.90. The molecule has 2 atom stereocenters. The third kappa shape index (κ3) is 9.85. The maximum Gasteiger partial charge on any atom is 0.349 e. The van der Waals surface area contributed by atoms with E-state index in [-0.39, 0.29) is 12.5 Å². The number of rotatable bonds is 11. The summed E-state index contributed by atoms with van der Waals surface area (Å²) in [7, 11) is 0. The largest absolute Gasteiger partial charge is 0.508 e. The maximum atomic E-state index is 10.8. The van der Waals surface area contributed by atoms with Crippen LogP contribution in [0.1, 0.15) is 75.3 Å². The number of ether oxygens (including phenoxy) is 1. The highest BCUT2D eigenvalue weighted by Gasteiger charge is 2.23. The second-order valence-corrected chi connectivity index (χ2v) is 9.97. The Morgan fingerprint density at radius 1 is 0.846 bits per heavy atom. The minimum Gasteiger partial charge on any atom is -0.508 e. The lowest BCUT2D eigenvalue weighted by Crippen LogP contribution is -2.38. The van der Waals surface area contributed by atoms with Crippen molar-refractivity contribution in [1.29, 1.82) is 0 Å². The number of hydrogen-bond donors (Lipinski definition) is 3. The average molecular weight is 536 g/mol. The zero-order valence-electron chi connectivity index (χ0n) is 23.4. The maximum absolute atomic E-state index is 10.8. The molecule has 0 saturated heterocycles. The smallest absolute Gasteiger partial charge is 0.349 e. The highest BCUT2D eigenvalue weighted by Crippen LogP contribution is 2.35. The number of phenolic OH excluding ortho intramolecular Hbond substituents is 1. The molecule has 3 aromatic rings. The van der Waals surface area contributed by atoms with Crippen LogP contribution in [-0.4, -0.2) is 50.8 Å². The van der Waals surface area contributed by atoms with E-state index < -0.39 is 18.0 Å².